The van der Waals surface area contributed by atoms with E-state index in [1.807, 2.05) is 43.3 Å². The Kier molecular flexibility index (Phi) is 5.93. The molecule has 3 rings (SSSR count). The van der Waals surface area contributed by atoms with Crippen LogP contribution in [0.1, 0.15) is 34.5 Å². The number of thioether (sulfide) groups is 2. The Bertz CT molecular complexity index is 734. The zero-order valence-corrected chi connectivity index (χ0v) is 15.1. The van der Waals surface area contributed by atoms with Crippen molar-refractivity contribution in [3.8, 4) is 0 Å². The summed E-state index contributed by atoms with van der Waals surface area (Å²) in [6.45, 7) is 2.88. The molecule has 1 aliphatic heterocycles. The van der Waals surface area contributed by atoms with Crippen molar-refractivity contribution in [2.24, 2.45) is 4.99 Å². The molecule has 2 aromatic rings. The Morgan fingerprint density at radius 3 is 2.83 bits per heavy atom. The predicted octanol–water partition coefficient (Wildman–Crippen LogP) is 3.91. The van der Waals surface area contributed by atoms with Gasteiger partial charge in [0.1, 0.15) is 4.38 Å². The molecule has 0 aliphatic carbocycles. The number of carbonyl (C=O) groups excluding carboxylic acids is 1. The molecule has 1 N–H and O–H groups in total. The number of rotatable bonds is 5. The molecule has 0 saturated heterocycles. The van der Waals surface area contributed by atoms with Crippen molar-refractivity contribution in [1.82, 2.24) is 10.3 Å². The van der Waals surface area contributed by atoms with Crippen molar-refractivity contribution < 1.29 is 4.79 Å². The van der Waals surface area contributed by atoms with E-state index in [1.165, 1.54) is 0 Å². The van der Waals surface area contributed by atoms with Crippen molar-refractivity contribution in [3.63, 3.8) is 0 Å². The van der Waals surface area contributed by atoms with Crippen LogP contribution in [0.2, 0.25) is 0 Å². The normalized spacial score (nSPS) is 15.0. The Labute approximate surface area is 150 Å². The molecule has 1 aromatic heterocycles. The van der Waals surface area contributed by atoms with Crippen molar-refractivity contribution in [1.29, 1.82) is 0 Å². The van der Waals surface area contributed by atoms with Gasteiger partial charge in [-0.05, 0) is 36.2 Å². The van der Waals surface area contributed by atoms with Crippen molar-refractivity contribution in [3.05, 3.63) is 65.5 Å². The van der Waals surface area contributed by atoms with Gasteiger partial charge in [0, 0.05) is 29.5 Å². The summed E-state index contributed by atoms with van der Waals surface area (Å²) < 4.78 is 1.12. The standard InChI is InChI=1S/C18H19N3OS2/c1-13(14-6-8-19-9-7-14)21-17(22)16-5-3-2-4-15(16)12-24-18-20-10-11-23-18/h2-9,13H,10-12H2,1H3,(H,21,22). The molecule has 124 valence electrons. The van der Waals surface area contributed by atoms with Crippen LogP contribution in [0.25, 0.3) is 0 Å². The van der Waals surface area contributed by atoms with Gasteiger partial charge in [0.2, 0.25) is 0 Å². The topological polar surface area (TPSA) is 54.4 Å². The van der Waals surface area contributed by atoms with Gasteiger partial charge in [-0.1, -0.05) is 41.7 Å². The lowest BCUT2D eigenvalue weighted by atomic mass is 10.1. The summed E-state index contributed by atoms with van der Waals surface area (Å²) in [6, 6.07) is 11.6. The predicted molar refractivity (Wildman–Crippen MR) is 103 cm³/mol. The molecular weight excluding hydrogens is 338 g/mol. The molecule has 6 heteroatoms. The summed E-state index contributed by atoms with van der Waals surface area (Å²) >= 11 is 3.50. The second-order valence-electron chi connectivity index (χ2n) is 5.42. The first-order chi connectivity index (χ1) is 11.7. The van der Waals surface area contributed by atoms with E-state index in [0.29, 0.717) is 0 Å². The first-order valence-electron chi connectivity index (χ1n) is 7.83. The number of nitrogens with one attached hydrogen (secondary N) is 1. The minimum Gasteiger partial charge on any atom is -0.346 e. The molecule has 0 bridgehead atoms. The molecule has 0 saturated carbocycles. The minimum atomic E-state index is -0.0593. The van der Waals surface area contributed by atoms with Gasteiger partial charge >= 0.3 is 0 Å². The number of aliphatic imine (C=N–C) groups is 1. The fourth-order valence-corrected chi connectivity index (χ4v) is 4.43. The van der Waals surface area contributed by atoms with Crippen molar-refractivity contribution in [2.75, 3.05) is 12.3 Å². The van der Waals surface area contributed by atoms with Gasteiger partial charge in [-0.25, -0.2) is 0 Å². The van der Waals surface area contributed by atoms with Crippen LogP contribution in [-0.2, 0) is 5.75 Å². The van der Waals surface area contributed by atoms with Gasteiger partial charge < -0.3 is 5.32 Å². The Morgan fingerprint density at radius 1 is 1.29 bits per heavy atom. The number of hydrogen-bond acceptors (Lipinski definition) is 5. The first kappa shape index (κ1) is 17.0. The summed E-state index contributed by atoms with van der Waals surface area (Å²) in [5.74, 6) is 1.78. The SMILES string of the molecule is CC(NC(=O)c1ccccc1CSC1=NCCS1)c1ccncc1. The number of aromatic nitrogens is 1. The third-order valence-electron chi connectivity index (χ3n) is 3.72. The molecule has 1 atom stereocenters. The summed E-state index contributed by atoms with van der Waals surface area (Å²) in [5, 5.41) is 3.07. The molecule has 1 aliphatic rings. The average Bonchev–Trinajstić information content (AvgIpc) is 3.14. The maximum Gasteiger partial charge on any atom is 0.252 e. The molecule has 24 heavy (non-hydrogen) atoms. The average molecular weight is 358 g/mol. The van der Waals surface area contributed by atoms with Gasteiger partial charge in [-0.2, -0.15) is 0 Å². The maximum absolute atomic E-state index is 12.7. The number of amides is 1. The minimum absolute atomic E-state index is 0.0449. The van der Waals surface area contributed by atoms with Gasteiger partial charge in [0.05, 0.1) is 12.6 Å². The summed E-state index contributed by atoms with van der Waals surface area (Å²) in [6.07, 6.45) is 3.48. The fraction of sp³-hybridized carbons (Fsp3) is 0.278. The highest BCUT2D eigenvalue weighted by atomic mass is 32.2. The number of benzene rings is 1. The second-order valence-corrected chi connectivity index (χ2v) is 7.72. The van der Waals surface area contributed by atoms with E-state index in [4.69, 9.17) is 0 Å². The Hall–Kier alpha value is -1.79. The maximum atomic E-state index is 12.7. The van der Waals surface area contributed by atoms with E-state index < -0.39 is 0 Å². The number of hydrogen-bond donors (Lipinski definition) is 1. The van der Waals surface area contributed by atoms with Crippen LogP contribution in [0.15, 0.2) is 53.8 Å². The van der Waals surface area contributed by atoms with Crippen LogP contribution in [0.4, 0.5) is 0 Å². The Morgan fingerprint density at radius 2 is 2.08 bits per heavy atom. The van der Waals surface area contributed by atoms with Gasteiger partial charge in [0.15, 0.2) is 0 Å². The molecular formula is C18H19N3OS2. The molecule has 4 nitrogen and oxygen atoms in total. The highest BCUT2D eigenvalue weighted by molar-refractivity contribution is 8.38. The quantitative estimate of drug-likeness (QED) is 0.881. The third kappa shape index (κ3) is 4.39. The first-order valence-corrected chi connectivity index (χ1v) is 9.80. The molecule has 0 radical (unpaired) electrons. The lowest BCUT2D eigenvalue weighted by molar-refractivity contribution is 0.0939. The van der Waals surface area contributed by atoms with Gasteiger partial charge in [-0.3, -0.25) is 14.8 Å². The molecule has 1 amide bonds. The molecule has 1 aromatic carbocycles. The van der Waals surface area contributed by atoms with Crippen LogP contribution in [0, 0.1) is 0 Å². The van der Waals surface area contributed by atoms with E-state index >= 15 is 0 Å². The fourth-order valence-electron chi connectivity index (χ4n) is 2.42. The molecule has 0 fully saturated rings. The van der Waals surface area contributed by atoms with E-state index in [9.17, 15) is 4.79 Å². The number of pyridine rings is 1. The van der Waals surface area contributed by atoms with Crippen molar-refractivity contribution in [2.45, 2.75) is 18.7 Å². The van der Waals surface area contributed by atoms with Crippen molar-refractivity contribution >= 4 is 33.8 Å². The third-order valence-corrected chi connectivity index (χ3v) is 6.03. The van der Waals surface area contributed by atoms with Crippen LogP contribution in [0.5, 0.6) is 0 Å². The lowest BCUT2D eigenvalue weighted by Gasteiger charge is -2.16. The Balaban J connectivity index is 1.68. The monoisotopic (exact) mass is 357 g/mol. The van der Waals surface area contributed by atoms with Crippen LogP contribution in [0.3, 0.4) is 0 Å². The molecule has 1 unspecified atom stereocenters. The number of carbonyl (C=O) groups is 1. The summed E-state index contributed by atoms with van der Waals surface area (Å²) in [4.78, 5) is 21.1. The van der Waals surface area contributed by atoms with Crippen LogP contribution >= 0.6 is 23.5 Å². The van der Waals surface area contributed by atoms with Gasteiger partial charge in [-0.15, -0.1) is 0 Å². The van der Waals surface area contributed by atoms with E-state index in [2.05, 4.69) is 15.3 Å². The largest absolute Gasteiger partial charge is 0.346 e. The van der Waals surface area contributed by atoms with E-state index in [1.54, 1.807) is 35.9 Å². The van der Waals surface area contributed by atoms with E-state index in [0.717, 1.165) is 39.1 Å². The lowest BCUT2D eigenvalue weighted by Crippen LogP contribution is -2.27. The summed E-state index contributed by atoms with van der Waals surface area (Å²) in [7, 11) is 0. The second kappa shape index (κ2) is 8.35. The zero-order chi connectivity index (χ0) is 16.8. The van der Waals surface area contributed by atoms with E-state index in [-0.39, 0.29) is 11.9 Å². The van der Waals surface area contributed by atoms with Crippen LogP contribution in [-0.4, -0.2) is 27.6 Å². The highest BCUT2D eigenvalue weighted by Gasteiger charge is 2.16. The highest BCUT2D eigenvalue weighted by Crippen LogP contribution is 2.26. The van der Waals surface area contributed by atoms with Gasteiger partial charge in [0.25, 0.3) is 5.91 Å². The summed E-state index contributed by atoms with van der Waals surface area (Å²) in [5.41, 5.74) is 2.81. The molecule has 0 spiro atoms. The number of nitrogens with zero attached hydrogens (tertiary/aromatic N) is 2. The molecule has 2 heterocycles. The smallest absolute Gasteiger partial charge is 0.252 e. The zero-order valence-electron chi connectivity index (χ0n) is 13.4. The van der Waals surface area contributed by atoms with Crippen LogP contribution < -0.4 is 5.32 Å².